The second-order valence-electron chi connectivity index (χ2n) is 4.15. The molecule has 4 atom stereocenters. The Morgan fingerprint density at radius 3 is 2.58 bits per heavy atom. The SMILES string of the molecule is CC1CC2CCC(O)C2N1C.I. The fraction of sp³-hybridized carbons (Fsp3) is 1.00. The molecule has 1 aliphatic carbocycles. The van der Waals surface area contributed by atoms with E-state index in [4.69, 9.17) is 0 Å². The van der Waals surface area contributed by atoms with Gasteiger partial charge in [0.2, 0.25) is 0 Å². The van der Waals surface area contributed by atoms with Crippen molar-refractivity contribution in [3.63, 3.8) is 0 Å². The second-order valence-corrected chi connectivity index (χ2v) is 4.15. The summed E-state index contributed by atoms with van der Waals surface area (Å²) >= 11 is 0. The van der Waals surface area contributed by atoms with Gasteiger partial charge in [0.05, 0.1) is 6.10 Å². The lowest BCUT2D eigenvalue weighted by Crippen LogP contribution is -2.38. The molecule has 4 unspecified atom stereocenters. The zero-order valence-electron chi connectivity index (χ0n) is 7.73. The molecule has 12 heavy (non-hydrogen) atoms. The van der Waals surface area contributed by atoms with Crippen LogP contribution < -0.4 is 0 Å². The highest BCUT2D eigenvalue weighted by Crippen LogP contribution is 2.39. The first-order chi connectivity index (χ1) is 5.20. The molecule has 0 amide bonds. The number of aliphatic hydroxyl groups is 1. The smallest absolute Gasteiger partial charge is 0.0698 e. The fourth-order valence-electron chi connectivity index (χ4n) is 2.80. The monoisotopic (exact) mass is 283 g/mol. The third kappa shape index (κ3) is 1.51. The lowest BCUT2D eigenvalue weighted by Gasteiger charge is -2.25. The van der Waals surface area contributed by atoms with Crippen LogP contribution >= 0.6 is 24.0 Å². The van der Waals surface area contributed by atoms with Crippen LogP contribution in [0.25, 0.3) is 0 Å². The summed E-state index contributed by atoms with van der Waals surface area (Å²) in [6, 6.07) is 1.16. The minimum absolute atomic E-state index is 0. The third-order valence-electron chi connectivity index (χ3n) is 3.52. The van der Waals surface area contributed by atoms with E-state index >= 15 is 0 Å². The van der Waals surface area contributed by atoms with E-state index in [9.17, 15) is 5.11 Å². The molecule has 0 spiro atoms. The molecule has 1 saturated heterocycles. The quantitative estimate of drug-likeness (QED) is 0.681. The fourth-order valence-corrected chi connectivity index (χ4v) is 2.80. The number of halogens is 1. The summed E-state index contributed by atoms with van der Waals surface area (Å²) in [5, 5.41) is 9.65. The Morgan fingerprint density at radius 1 is 1.33 bits per heavy atom. The Kier molecular flexibility index (Phi) is 3.40. The lowest BCUT2D eigenvalue weighted by molar-refractivity contribution is 0.0864. The normalized spacial score (nSPS) is 47.2. The first-order valence-electron chi connectivity index (χ1n) is 4.60. The van der Waals surface area contributed by atoms with Gasteiger partial charge in [0.25, 0.3) is 0 Å². The molecule has 2 fully saturated rings. The summed E-state index contributed by atoms with van der Waals surface area (Å²) in [5.74, 6) is 0.782. The molecular weight excluding hydrogens is 265 g/mol. The van der Waals surface area contributed by atoms with E-state index in [-0.39, 0.29) is 30.1 Å². The molecule has 2 nitrogen and oxygen atoms in total. The van der Waals surface area contributed by atoms with Gasteiger partial charge in [-0.3, -0.25) is 4.90 Å². The predicted octanol–water partition coefficient (Wildman–Crippen LogP) is 1.47. The van der Waals surface area contributed by atoms with Crippen molar-refractivity contribution in [2.24, 2.45) is 5.92 Å². The average Bonchev–Trinajstić information content (AvgIpc) is 2.41. The molecule has 0 bridgehead atoms. The summed E-state index contributed by atoms with van der Waals surface area (Å²) in [4.78, 5) is 2.35. The maximum absolute atomic E-state index is 9.65. The van der Waals surface area contributed by atoms with Crippen LogP contribution in [-0.2, 0) is 0 Å². The Hall–Kier alpha value is 0.650. The van der Waals surface area contributed by atoms with E-state index in [0.717, 1.165) is 12.3 Å². The molecule has 0 aromatic carbocycles. The lowest BCUT2D eigenvalue weighted by atomic mass is 10.0. The largest absolute Gasteiger partial charge is 0.391 e. The average molecular weight is 283 g/mol. The van der Waals surface area contributed by atoms with Crippen molar-refractivity contribution in [3.8, 4) is 0 Å². The zero-order chi connectivity index (χ0) is 8.01. The van der Waals surface area contributed by atoms with Gasteiger partial charge >= 0.3 is 0 Å². The molecule has 0 aromatic rings. The maximum atomic E-state index is 9.65. The van der Waals surface area contributed by atoms with Crippen molar-refractivity contribution in [2.45, 2.75) is 44.4 Å². The third-order valence-corrected chi connectivity index (χ3v) is 3.52. The van der Waals surface area contributed by atoms with Gasteiger partial charge in [0, 0.05) is 12.1 Å². The minimum Gasteiger partial charge on any atom is -0.391 e. The number of likely N-dealkylation sites (N-methyl/N-ethyl adjacent to an activating group) is 1. The number of nitrogens with zero attached hydrogens (tertiary/aromatic N) is 1. The number of hydrogen-bond acceptors (Lipinski definition) is 2. The summed E-state index contributed by atoms with van der Waals surface area (Å²) in [6.45, 7) is 2.26. The molecular formula is C9H18INO. The first kappa shape index (κ1) is 10.7. The summed E-state index contributed by atoms with van der Waals surface area (Å²) in [7, 11) is 2.14. The van der Waals surface area contributed by atoms with Crippen molar-refractivity contribution < 1.29 is 5.11 Å². The zero-order valence-corrected chi connectivity index (χ0v) is 10.1. The maximum Gasteiger partial charge on any atom is 0.0698 e. The van der Waals surface area contributed by atoms with Gasteiger partial charge in [-0.05, 0) is 39.2 Å². The number of hydrogen-bond donors (Lipinski definition) is 1. The van der Waals surface area contributed by atoms with Crippen LogP contribution in [0.2, 0.25) is 0 Å². The van der Waals surface area contributed by atoms with E-state index < -0.39 is 0 Å². The van der Waals surface area contributed by atoms with Crippen LogP contribution in [0, 0.1) is 5.92 Å². The van der Waals surface area contributed by atoms with Gasteiger partial charge in [-0.25, -0.2) is 0 Å². The van der Waals surface area contributed by atoms with Crippen LogP contribution in [0.1, 0.15) is 26.2 Å². The first-order valence-corrected chi connectivity index (χ1v) is 4.60. The Balaban J connectivity index is 0.000000720. The van der Waals surface area contributed by atoms with Crippen molar-refractivity contribution in [1.82, 2.24) is 4.90 Å². The van der Waals surface area contributed by atoms with E-state index in [2.05, 4.69) is 18.9 Å². The van der Waals surface area contributed by atoms with Gasteiger partial charge in [0.15, 0.2) is 0 Å². The van der Waals surface area contributed by atoms with E-state index in [0.29, 0.717) is 12.1 Å². The summed E-state index contributed by atoms with van der Waals surface area (Å²) < 4.78 is 0. The second kappa shape index (κ2) is 3.80. The molecule has 0 radical (unpaired) electrons. The van der Waals surface area contributed by atoms with Crippen LogP contribution in [-0.4, -0.2) is 35.2 Å². The van der Waals surface area contributed by atoms with Crippen molar-refractivity contribution in [2.75, 3.05) is 7.05 Å². The highest BCUT2D eigenvalue weighted by molar-refractivity contribution is 14.0. The van der Waals surface area contributed by atoms with Crippen LogP contribution in [0.5, 0.6) is 0 Å². The Morgan fingerprint density at radius 2 is 2.00 bits per heavy atom. The Bertz CT molecular complexity index is 163. The van der Waals surface area contributed by atoms with Crippen molar-refractivity contribution >= 4 is 24.0 Å². The number of likely N-dealkylation sites (tertiary alicyclic amines) is 1. The topological polar surface area (TPSA) is 23.5 Å². The number of aliphatic hydroxyl groups excluding tert-OH is 1. The van der Waals surface area contributed by atoms with Gasteiger partial charge in [-0.15, -0.1) is 24.0 Å². The molecule has 1 heterocycles. The number of fused-ring (bicyclic) bond motifs is 1. The van der Waals surface area contributed by atoms with E-state index in [1.807, 2.05) is 0 Å². The van der Waals surface area contributed by atoms with Crippen LogP contribution in [0.15, 0.2) is 0 Å². The van der Waals surface area contributed by atoms with Gasteiger partial charge < -0.3 is 5.11 Å². The molecule has 2 aliphatic rings. The van der Waals surface area contributed by atoms with E-state index in [1.54, 1.807) is 0 Å². The van der Waals surface area contributed by atoms with Crippen molar-refractivity contribution in [1.29, 1.82) is 0 Å². The Labute approximate surface area is 91.3 Å². The minimum atomic E-state index is -0.0463. The molecule has 1 N–H and O–H groups in total. The molecule has 3 heteroatoms. The highest BCUT2D eigenvalue weighted by Gasteiger charge is 2.44. The van der Waals surface area contributed by atoms with Gasteiger partial charge in [-0.1, -0.05) is 0 Å². The van der Waals surface area contributed by atoms with E-state index in [1.165, 1.54) is 12.8 Å². The standard InChI is InChI=1S/C9H17NO.HI/c1-6-5-7-3-4-8(11)9(7)10(6)2;/h6-9,11H,3-5H2,1-2H3;1H. The molecule has 2 rings (SSSR count). The number of rotatable bonds is 0. The highest BCUT2D eigenvalue weighted by atomic mass is 127. The molecule has 72 valence electrons. The summed E-state index contributed by atoms with van der Waals surface area (Å²) in [6.07, 6.45) is 3.50. The van der Waals surface area contributed by atoms with Crippen LogP contribution in [0.4, 0.5) is 0 Å². The summed E-state index contributed by atoms with van der Waals surface area (Å²) in [5.41, 5.74) is 0. The van der Waals surface area contributed by atoms with Crippen molar-refractivity contribution in [3.05, 3.63) is 0 Å². The molecule has 0 aromatic heterocycles. The predicted molar refractivity (Wildman–Crippen MR) is 59.8 cm³/mol. The van der Waals surface area contributed by atoms with Gasteiger partial charge in [-0.2, -0.15) is 0 Å². The van der Waals surface area contributed by atoms with Gasteiger partial charge in [0.1, 0.15) is 0 Å². The molecule has 1 aliphatic heterocycles. The van der Waals surface area contributed by atoms with Crippen LogP contribution in [0.3, 0.4) is 0 Å². The molecule has 1 saturated carbocycles.